The van der Waals surface area contributed by atoms with E-state index in [1.54, 1.807) is 7.11 Å². The van der Waals surface area contributed by atoms with Crippen LogP contribution in [0.1, 0.15) is 37.1 Å². The van der Waals surface area contributed by atoms with Crippen LogP contribution in [0, 0.1) is 24.2 Å². The van der Waals surface area contributed by atoms with Crippen LogP contribution >= 0.6 is 0 Å². The molecule has 1 aromatic rings. The number of methoxy groups -OCH3 is 1. The molecular weight excluding hydrogens is 342 g/mol. The van der Waals surface area contributed by atoms with Gasteiger partial charge in [-0.15, -0.1) is 0 Å². The number of hydrogen-bond acceptors (Lipinski definition) is 6. The van der Waals surface area contributed by atoms with Gasteiger partial charge in [-0.2, -0.15) is 0 Å². The highest BCUT2D eigenvalue weighted by atomic mass is 16.5. The highest BCUT2D eigenvalue weighted by Gasteiger charge is 2.47. The quantitative estimate of drug-likeness (QED) is 0.659. The van der Waals surface area contributed by atoms with E-state index in [0.29, 0.717) is 11.3 Å². The van der Waals surface area contributed by atoms with Gasteiger partial charge in [-0.1, -0.05) is 5.16 Å². The lowest BCUT2D eigenvalue weighted by atomic mass is 9.71. The second-order valence-electron chi connectivity index (χ2n) is 8.97. The van der Waals surface area contributed by atoms with Crippen LogP contribution < -0.4 is 0 Å². The van der Waals surface area contributed by atoms with Gasteiger partial charge in [-0.05, 0) is 57.0 Å². The molecule has 1 aliphatic carbocycles. The maximum absolute atomic E-state index is 6.15. The van der Waals surface area contributed by atoms with Crippen LogP contribution in [0.3, 0.4) is 0 Å². The van der Waals surface area contributed by atoms with Crippen LogP contribution in [0.2, 0.25) is 0 Å². The summed E-state index contributed by atoms with van der Waals surface area (Å²) in [6.07, 6.45) is 5.24. The lowest BCUT2D eigenvalue weighted by Crippen LogP contribution is -2.45. The normalized spacial score (nSPS) is 26.2. The third-order valence-electron chi connectivity index (χ3n) is 6.78. The summed E-state index contributed by atoms with van der Waals surface area (Å²) in [5.74, 6) is 2.40. The van der Waals surface area contributed by atoms with Gasteiger partial charge in [0, 0.05) is 51.9 Å². The van der Waals surface area contributed by atoms with Gasteiger partial charge in [0.15, 0.2) is 0 Å². The van der Waals surface area contributed by atoms with Crippen LogP contribution in [0.5, 0.6) is 0 Å². The molecule has 1 aromatic heterocycles. The molecule has 0 N–H and O–H groups in total. The molecule has 1 atom stereocenters. The fraction of sp³-hybridized carbons (Fsp3) is 0.857. The van der Waals surface area contributed by atoms with Crippen molar-refractivity contribution in [3.05, 3.63) is 17.5 Å². The van der Waals surface area contributed by atoms with Crippen molar-refractivity contribution in [1.29, 1.82) is 0 Å². The molecule has 0 radical (unpaired) electrons. The predicted octanol–water partition coefficient (Wildman–Crippen LogP) is 2.57. The Kier molecular flexibility index (Phi) is 6.17. The first-order valence-electron chi connectivity index (χ1n) is 10.6. The van der Waals surface area contributed by atoms with Gasteiger partial charge in [-0.25, -0.2) is 0 Å². The molecule has 152 valence electrons. The van der Waals surface area contributed by atoms with Crippen LogP contribution in [-0.4, -0.2) is 74.6 Å². The van der Waals surface area contributed by atoms with E-state index in [1.165, 1.54) is 32.2 Å². The molecule has 2 saturated heterocycles. The molecule has 6 heteroatoms. The Balaban J connectivity index is 1.32. The SMILES string of the molecule is COCCN1CC(COCC2CC2)C2(CCN(Cc3cc(C)on3)CC2)C1. The van der Waals surface area contributed by atoms with Crippen LogP contribution in [0.15, 0.2) is 10.6 Å². The summed E-state index contributed by atoms with van der Waals surface area (Å²) in [6, 6.07) is 2.06. The van der Waals surface area contributed by atoms with Gasteiger partial charge in [0.05, 0.1) is 18.9 Å². The lowest BCUT2D eigenvalue weighted by Gasteiger charge is -2.42. The summed E-state index contributed by atoms with van der Waals surface area (Å²) in [4.78, 5) is 5.13. The molecule has 0 bridgehead atoms. The third-order valence-corrected chi connectivity index (χ3v) is 6.78. The number of piperidine rings is 1. The highest BCUT2D eigenvalue weighted by Crippen LogP contribution is 2.45. The summed E-state index contributed by atoms with van der Waals surface area (Å²) in [6.45, 7) is 11.3. The van der Waals surface area contributed by atoms with Crippen molar-refractivity contribution in [2.75, 3.05) is 59.7 Å². The second kappa shape index (κ2) is 8.60. The number of aromatic nitrogens is 1. The van der Waals surface area contributed by atoms with Crippen LogP contribution in [-0.2, 0) is 16.0 Å². The van der Waals surface area contributed by atoms with Crippen molar-refractivity contribution in [1.82, 2.24) is 15.0 Å². The molecule has 6 nitrogen and oxygen atoms in total. The van der Waals surface area contributed by atoms with E-state index in [4.69, 9.17) is 14.0 Å². The Bertz CT molecular complexity index is 593. The monoisotopic (exact) mass is 377 g/mol. The van der Waals surface area contributed by atoms with Crippen molar-refractivity contribution in [3.63, 3.8) is 0 Å². The molecule has 1 spiro atoms. The van der Waals surface area contributed by atoms with E-state index in [0.717, 1.165) is 69.9 Å². The van der Waals surface area contributed by atoms with Crippen LogP contribution in [0.25, 0.3) is 0 Å². The minimum absolute atomic E-state index is 0.410. The number of rotatable bonds is 9. The summed E-state index contributed by atoms with van der Waals surface area (Å²) in [5, 5.41) is 4.16. The van der Waals surface area contributed by atoms with E-state index < -0.39 is 0 Å². The Morgan fingerprint density at radius 1 is 1.22 bits per heavy atom. The van der Waals surface area contributed by atoms with Gasteiger partial charge < -0.3 is 18.9 Å². The first-order valence-corrected chi connectivity index (χ1v) is 10.6. The van der Waals surface area contributed by atoms with Crippen molar-refractivity contribution in [3.8, 4) is 0 Å². The Morgan fingerprint density at radius 3 is 2.70 bits per heavy atom. The van der Waals surface area contributed by atoms with Crippen molar-refractivity contribution >= 4 is 0 Å². The fourth-order valence-corrected chi connectivity index (χ4v) is 4.87. The zero-order chi connectivity index (χ0) is 18.7. The summed E-state index contributed by atoms with van der Waals surface area (Å²) < 4.78 is 16.7. The first-order chi connectivity index (χ1) is 13.2. The Hall–Kier alpha value is -0.950. The minimum atomic E-state index is 0.410. The molecule has 0 aromatic carbocycles. The number of hydrogen-bond donors (Lipinski definition) is 0. The molecule has 27 heavy (non-hydrogen) atoms. The van der Waals surface area contributed by atoms with Gasteiger partial charge in [0.2, 0.25) is 0 Å². The zero-order valence-corrected chi connectivity index (χ0v) is 17.0. The first kappa shape index (κ1) is 19.4. The van der Waals surface area contributed by atoms with Gasteiger partial charge >= 0.3 is 0 Å². The average molecular weight is 378 g/mol. The average Bonchev–Trinajstić information content (AvgIpc) is 3.31. The molecule has 1 saturated carbocycles. The summed E-state index contributed by atoms with van der Waals surface area (Å²) in [5.41, 5.74) is 1.47. The second-order valence-corrected chi connectivity index (χ2v) is 8.97. The number of aryl methyl sites for hydroxylation is 1. The maximum atomic E-state index is 6.15. The van der Waals surface area contributed by atoms with E-state index in [1.807, 2.05) is 6.92 Å². The molecule has 0 amide bonds. The third kappa shape index (κ3) is 4.91. The van der Waals surface area contributed by atoms with Gasteiger partial charge in [-0.3, -0.25) is 4.90 Å². The highest BCUT2D eigenvalue weighted by molar-refractivity contribution is 5.05. The summed E-state index contributed by atoms with van der Waals surface area (Å²) in [7, 11) is 1.80. The molecule has 3 aliphatic rings. The molecule has 4 rings (SSSR count). The van der Waals surface area contributed by atoms with E-state index in [9.17, 15) is 0 Å². The van der Waals surface area contributed by atoms with Crippen molar-refractivity contribution < 1.29 is 14.0 Å². The molecule has 3 fully saturated rings. The molecule has 1 unspecified atom stereocenters. The van der Waals surface area contributed by atoms with E-state index in [-0.39, 0.29) is 0 Å². The van der Waals surface area contributed by atoms with Crippen LogP contribution in [0.4, 0.5) is 0 Å². The van der Waals surface area contributed by atoms with E-state index in [2.05, 4.69) is 21.0 Å². The fourth-order valence-electron chi connectivity index (χ4n) is 4.87. The number of likely N-dealkylation sites (tertiary alicyclic amines) is 2. The predicted molar refractivity (Wildman–Crippen MR) is 104 cm³/mol. The van der Waals surface area contributed by atoms with Crippen molar-refractivity contribution in [2.45, 2.75) is 39.2 Å². The maximum Gasteiger partial charge on any atom is 0.133 e. The molecular formula is C21H35N3O3. The number of nitrogens with zero attached hydrogens (tertiary/aromatic N) is 3. The molecule has 3 heterocycles. The number of ether oxygens (including phenoxy) is 2. The standard InChI is InChI=1S/C21H35N3O3/c1-17-11-20(22-27-17)13-23-7-5-21(6-8-23)16-24(9-10-25-2)12-19(21)15-26-14-18-3-4-18/h11,18-19H,3-10,12-16H2,1-2H3. The van der Waals surface area contributed by atoms with E-state index >= 15 is 0 Å². The minimum Gasteiger partial charge on any atom is -0.383 e. The lowest BCUT2D eigenvalue weighted by molar-refractivity contribution is 0.0162. The summed E-state index contributed by atoms with van der Waals surface area (Å²) >= 11 is 0. The Morgan fingerprint density at radius 2 is 2.04 bits per heavy atom. The Labute approximate surface area is 163 Å². The molecule has 2 aliphatic heterocycles. The van der Waals surface area contributed by atoms with Crippen molar-refractivity contribution in [2.24, 2.45) is 17.3 Å². The van der Waals surface area contributed by atoms with Gasteiger partial charge in [0.1, 0.15) is 5.76 Å². The largest absolute Gasteiger partial charge is 0.383 e. The zero-order valence-electron chi connectivity index (χ0n) is 17.0. The topological polar surface area (TPSA) is 51.0 Å². The van der Waals surface area contributed by atoms with Gasteiger partial charge in [0.25, 0.3) is 0 Å². The smallest absolute Gasteiger partial charge is 0.133 e.